The van der Waals surface area contributed by atoms with Crippen LogP contribution in [0.2, 0.25) is 0 Å². The first kappa shape index (κ1) is 16.7. The maximum atomic E-state index is 9.54. The molecule has 0 unspecified atom stereocenters. The minimum absolute atomic E-state index is 0.211. The average molecular weight is 367 g/mol. The molecule has 4 rings (SSSR count). The first-order valence-corrected chi connectivity index (χ1v) is 9.55. The Balaban J connectivity index is 1.59. The van der Waals surface area contributed by atoms with E-state index >= 15 is 0 Å². The van der Waals surface area contributed by atoms with Crippen molar-refractivity contribution in [1.82, 2.24) is 14.1 Å². The topological polar surface area (TPSA) is 52.2 Å². The van der Waals surface area contributed by atoms with Crippen molar-refractivity contribution < 1.29 is 9.84 Å². The molecule has 1 N–H and O–H groups in total. The number of aromatic hydroxyl groups is 1. The number of aromatic nitrogens is 3. The number of ether oxygens (including phenoxy) is 1. The molecular weight excluding hydrogens is 346 g/mol. The summed E-state index contributed by atoms with van der Waals surface area (Å²) >= 11 is 1.75. The van der Waals surface area contributed by atoms with E-state index in [1.165, 1.54) is 10.2 Å². The third-order valence-electron chi connectivity index (χ3n) is 4.50. The van der Waals surface area contributed by atoms with Crippen molar-refractivity contribution in [2.45, 2.75) is 19.9 Å². The number of phenolic OH excluding ortho intramolecular Hbond substituents is 1. The summed E-state index contributed by atoms with van der Waals surface area (Å²) < 4.78 is 11.4. The van der Waals surface area contributed by atoms with Crippen molar-refractivity contribution in [2.75, 3.05) is 6.61 Å². The molecular formula is C20H21N3O2S. The highest BCUT2D eigenvalue weighted by Crippen LogP contribution is 2.30. The van der Waals surface area contributed by atoms with E-state index in [0.717, 1.165) is 23.6 Å². The molecule has 0 bridgehead atoms. The highest BCUT2D eigenvalue weighted by Gasteiger charge is 2.15. The number of fused-ring (bicyclic) bond motifs is 1. The lowest BCUT2D eigenvalue weighted by Crippen LogP contribution is -2.09. The zero-order valence-corrected chi connectivity index (χ0v) is 15.7. The van der Waals surface area contributed by atoms with Crippen LogP contribution in [-0.2, 0) is 20.0 Å². The van der Waals surface area contributed by atoms with Gasteiger partial charge in [-0.25, -0.2) is 4.98 Å². The second kappa shape index (κ2) is 6.88. The van der Waals surface area contributed by atoms with Crippen LogP contribution in [0.15, 0.2) is 48.0 Å². The van der Waals surface area contributed by atoms with E-state index in [9.17, 15) is 5.11 Å². The van der Waals surface area contributed by atoms with Crippen LogP contribution >= 0.6 is 11.3 Å². The summed E-state index contributed by atoms with van der Waals surface area (Å²) in [5, 5.41) is 11.7. The molecule has 4 aromatic rings. The predicted molar refractivity (Wildman–Crippen MR) is 105 cm³/mol. The molecule has 0 saturated heterocycles. The van der Waals surface area contributed by atoms with Crippen LogP contribution < -0.4 is 4.74 Å². The number of phenols is 1. The predicted octanol–water partition coefficient (Wildman–Crippen LogP) is 4.45. The maximum Gasteiger partial charge on any atom is 0.157 e. The lowest BCUT2D eigenvalue weighted by molar-refractivity contribution is 0.297. The number of benzene rings is 1. The van der Waals surface area contributed by atoms with Crippen LogP contribution in [0.3, 0.4) is 0 Å². The monoisotopic (exact) mass is 367 g/mol. The van der Waals surface area contributed by atoms with Gasteiger partial charge in [0.1, 0.15) is 18.1 Å². The van der Waals surface area contributed by atoms with Gasteiger partial charge in [0.2, 0.25) is 0 Å². The molecule has 3 aromatic heterocycles. The minimum atomic E-state index is 0.211. The Morgan fingerprint density at radius 3 is 2.88 bits per heavy atom. The largest absolute Gasteiger partial charge is 0.508 e. The van der Waals surface area contributed by atoms with Crippen LogP contribution in [0, 0.1) is 0 Å². The van der Waals surface area contributed by atoms with Gasteiger partial charge in [-0.2, -0.15) is 0 Å². The van der Waals surface area contributed by atoms with Crippen LogP contribution in [0.1, 0.15) is 12.6 Å². The number of thiophene rings is 1. The fourth-order valence-electron chi connectivity index (χ4n) is 3.12. The number of aryl methyl sites for hydroxylation is 2. The molecule has 0 amide bonds. The van der Waals surface area contributed by atoms with Crippen molar-refractivity contribution in [3.63, 3.8) is 0 Å². The molecule has 0 aliphatic heterocycles. The molecule has 0 fully saturated rings. The van der Waals surface area contributed by atoms with Crippen LogP contribution in [0.25, 0.3) is 21.7 Å². The van der Waals surface area contributed by atoms with Crippen molar-refractivity contribution in [3.05, 3.63) is 53.7 Å². The van der Waals surface area contributed by atoms with Gasteiger partial charge in [-0.1, -0.05) is 13.0 Å². The Kier molecular flexibility index (Phi) is 4.42. The highest BCUT2D eigenvalue weighted by atomic mass is 32.1. The van der Waals surface area contributed by atoms with Crippen LogP contribution in [-0.4, -0.2) is 25.8 Å². The minimum Gasteiger partial charge on any atom is -0.508 e. The Morgan fingerprint density at radius 1 is 1.23 bits per heavy atom. The van der Waals surface area contributed by atoms with E-state index in [1.54, 1.807) is 29.5 Å². The molecule has 0 atom stereocenters. The van der Waals surface area contributed by atoms with E-state index in [2.05, 4.69) is 46.8 Å². The molecule has 0 spiro atoms. The molecule has 26 heavy (non-hydrogen) atoms. The Hall–Kier alpha value is -2.73. The number of hydrogen-bond donors (Lipinski definition) is 1. The molecule has 0 saturated carbocycles. The Bertz CT molecular complexity index is 1040. The van der Waals surface area contributed by atoms with E-state index in [4.69, 9.17) is 9.72 Å². The van der Waals surface area contributed by atoms with E-state index in [1.807, 2.05) is 6.07 Å². The molecule has 0 radical (unpaired) electrons. The smallest absolute Gasteiger partial charge is 0.157 e. The van der Waals surface area contributed by atoms with Gasteiger partial charge in [0, 0.05) is 19.3 Å². The highest BCUT2D eigenvalue weighted by molar-refractivity contribution is 7.17. The molecule has 0 aliphatic carbocycles. The van der Waals surface area contributed by atoms with Crippen LogP contribution in [0.5, 0.6) is 11.5 Å². The SMILES string of the molecule is CCc1cn(CCOc2cccc(O)c2)c(-c2cc3sccc3n2C)n1. The van der Waals surface area contributed by atoms with Gasteiger partial charge in [0.15, 0.2) is 5.82 Å². The third kappa shape index (κ3) is 3.08. The van der Waals surface area contributed by atoms with Gasteiger partial charge in [-0.15, -0.1) is 11.3 Å². The normalized spacial score (nSPS) is 11.3. The average Bonchev–Trinajstić information content (AvgIpc) is 3.31. The maximum absolute atomic E-state index is 9.54. The van der Waals surface area contributed by atoms with Crippen LogP contribution in [0.4, 0.5) is 0 Å². The summed E-state index contributed by atoms with van der Waals surface area (Å²) in [6.45, 7) is 3.31. The number of imidazole rings is 1. The van der Waals surface area contributed by atoms with E-state index in [0.29, 0.717) is 18.9 Å². The van der Waals surface area contributed by atoms with Gasteiger partial charge in [0.25, 0.3) is 0 Å². The van der Waals surface area contributed by atoms with Gasteiger partial charge in [0.05, 0.1) is 28.1 Å². The molecule has 6 heteroatoms. The zero-order valence-electron chi connectivity index (χ0n) is 14.8. The molecule has 134 valence electrons. The van der Waals surface area contributed by atoms with Crippen molar-refractivity contribution in [1.29, 1.82) is 0 Å². The first-order chi connectivity index (χ1) is 12.7. The summed E-state index contributed by atoms with van der Waals surface area (Å²) in [5.74, 6) is 1.84. The standard InChI is InChI=1S/C20H21N3O2S/c1-3-14-13-23(8-9-25-16-6-4-5-15(24)11-16)20(21-14)18-12-19-17(22(18)2)7-10-26-19/h4-7,10-13,24H,3,8-9H2,1-2H3. The van der Waals surface area contributed by atoms with Crippen molar-refractivity contribution in [3.8, 4) is 23.0 Å². The molecule has 1 aromatic carbocycles. The summed E-state index contributed by atoms with van der Waals surface area (Å²) in [6, 6.07) is 11.2. The Morgan fingerprint density at radius 2 is 2.12 bits per heavy atom. The number of rotatable bonds is 6. The molecule has 3 heterocycles. The second-order valence-corrected chi connectivity index (χ2v) is 7.15. The summed E-state index contributed by atoms with van der Waals surface area (Å²) in [7, 11) is 2.08. The van der Waals surface area contributed by atoms with E-state index in [-0.39, 0.29) is 5.75 Å². The summed E-state index contributed by atoms with van der Waals surface area (Å²) in [4.78, 5) is 4.83. The lowest BCUT2D eigenvalue weighted by atomic mass is 10.3. The quantitative estimate of drug-likeness (QED) is 0.548. The lowest BCUT2D eigenvalue weighted by Gasteiger charge is -2.10. The number of nitrogens with zero attached hydrogens (tertiary/aromatic N) is 3. The summed E-state index contributed by atoms with van der Waals surface area (Å²) in [6.07, 6.45) is 2.99. The van der Waals surface area contributed by atoms with Gasteiger partial charge in [-0.05, 0) is 36.1 Å². The first-order valence-electron chi connectivity index (χ1n) is 8.67. The third-order valence-corrected chi connectivity index (χ3v) is 5.35. The molecule has 0 aliphatic rings. The number of hydrogen-bond acceptors (Lipinski definition) is 4. The Labute approximate surface area is 156 Å². The van der Waals surface area contributed by atoms with Crippen molar-refractivity contribution >= 4 is 21.6 Å². The zero-order chi connectivity index (χ0) is 18.1. The second-order valence-electron chi connectivity index (χ2n) is 6.21. The molecule has 5 nitrogen and oxygen atoms in total. The van der Waals surface area contributed by atoms with Gasteiger partial charge in [-0.3, -0.25) is 0 Å². The van der Waals surface area contributed by atoms with Gasteiger partial charge >= 0.3 is 0 Å². The fraction of sp³-hybridized carbons (Fsp3) is 0.250. The van der Waals surface area contributed by atoms with Gasteiger partial charge < -0.3 is 19.0 Å². The van der Waals surface area contributed by atoms with Crippen molar-refractivity contribution in [2.24, 2.45) is 7.05 Å². The fourth-order valence-corrected chi connectivity index (χ4v) is 3.96. The summed E-state index contributed by atoms with van der Waals surface area (Å²) in [5.41, 5.74) is 3.42. The van der Waals surface area contributed by atoms with E-state index < -0.39 is 0 Å².